The van der Waals surface area contributed by atoms with Crippen molar-refractivity contribution < 1.29 is 27.2 Å². The molecule has 0 spiro atoms. The zero-order chi connectivity index (χ0) is 24.9. The van der Waals surface area contributed by atoms with Crippen LogP contribution < -0.4 is 14.3 Å². The van der Waals surface area contributed by atoms with Gasteiger partial charge in [0.05, 0.1) is 5.69 Å². The summed E-state index contributed by atoms with van der Waals surface area (Å²) in [7, 11) is -0.0581. The van der Waals surface area contributed by atoms with E-state index < -0.39 is 31.8 Å². The second kappa shape index (κ2) is 14.0. The number of oxime groups is 1. The van der Waals surface area contributed by atoms with Gasteiger partial charge >= 0.3 is 20.2 Å². The van der Waals surface area contributed by atoms with Crippen molar-refractivity contribution in [3.05, 3.63) is 30.3 Å². The average molecular weight is 531 g/mol. The van der Waals surface area contributed by atoms with Crippen molar-refractivity contribution in [1.82, 2.24) is 14.9 Å². The van der Waals surface area contributed by atoms with Gasteiger partial charge in [-0.15, -0.1) is 0 Å². The minimum atomic E-state index is -3.90. The Kier molecular flexibility index (Phi) is 13.0. The number of anilines is 1. The molecular weight excluding hydrogens is 510 g/mol. The van der Waals surface area contributed by atoms with Crippen molar-refractivity contribution in [1.29, 1.82) is 5.26 Å². The largest absolute Gasteiger partial charge is 0.398 e. The number of para-hydroxylation sites is 1. The molecule has 0 aliphatic heterocycles. The number of benzene rings is 1. The predicted molar refractivity (Wildman–Crippen MR) is 122 cm³/mol. The first-order valence-corrected chi connectivity index (χ1v) is 11.4. The second-order valence-electron chi connectivity index (χ2n) is 5.44. The number of amides is 3. The van der Waals surface area contributed by atoms with Gasteiger partial charge in [0.1, 0.15) is 13.2 Å². The molecule has 0 heterocycles. The van der Waals surface area contributed by atoms with Crippen LogP contribution in [0.2, 0.25) is 0 Å². The first kappa shape index (κ1) is 29.7. The Morgan fingerprint density at radius 1 is 1.31 bits per heavy atom. The lowest BCUT2D eigenvalue weighted by Gasteiger charge is -2.27. The minimum absolute atomic E-state index is 0.158. The van der Waals surface area contributed by atoms with Gasteiger partial charge in [-0.1, -0.05) is 46.6 Å². The lowest BCUT2D eigenvalue weighted by Crippen LogP contribution is -2.42. The molecule has 11 nitrogen and oxygen atoms in total. The Labute approximate surface area is 199 Å². The van der Waals surface area contributed by atoms with Gasteiger partial charge in [-0.05, 0) is 19.1 Å². The van der Waals surface area contributed by atoms with Crippen molar-refractivity contribution in [3.8, 4) is 6.07 Å². The van der Waals surface area contributed by atoms with Crippen LogP contribution in [0, 0.1) is 11.3 Å². The van der Waals surface area contributed by atoms with Crippen LogP contribution in [0.3, 0.4) is 0 Å². The Balaban J connectivity index is 0.000000622. The molecule has 178 valence electrons. The van der Waals surface area contributed by atoms with E-state index in [1.807, 2.05) is 5.32 Å². The molecule has 0 aliphatic rings. The fourth-order valence-corrected chi connectivity index (χ4v) is 4.44. The summed E-state index contributed by atoms with van der Waals surface area (Å²) >= 11 is 10.6. The van der Waals surface area contributed by atoms with Crippen molar-refractivity contribution in [2.75, 3.05) is 31.5 Å². The highest BCUT2D eigenvalue weighted by Crippen LogP contribution is 2.42. The molecule has 0 radical (unpaired) electrons. The lowest BCUT2D eigenvalue weighted by atomic mass is 10.3. The normalized spacial score (nSPS) is 11.5. The lowest BCUT2D eigenvalue weighted by molar-refractivity contribution is -0.113. The number of hydrogen-bond donors (Lipinski definition) is 2. The molecule has 1 aromatic carbocycles. The van der Waals surface area contributed by atoms with E-state index in [9.17, 15) is 22.4 Å². The Bertz CT molecular complexity index is 936. The van der Waals surface area contributed by atoms with Crippen molar-refractivity contribution >= 4 is 68.7 Å². The molecule has 0 fully saturated rings. The molecule has 1 rings (SSSR count). The third kappa shape index (κ3) is 10.8. The summed E-state index contributed by atoms with van der Waals surface area (Å²) < 4.78 is 36.3. The summed E-state index contributed by atoms with van der Waals surface area (Å²) in [6.07, 6.45) is 0. The van der Waals surface area contributed by atoms with E-state index in [0.717, 1.165) is 8.02 Å². The summed E-state index contributed by atoms with van der Waals surface area (Å²) in [5, 5.41) is 15.8. The minimum Gasteiger partial charge on any atom is -0.398 e. The number of halogens is 3. The maximum Gasteiger partial charge on any atom is 0.324 e. The van der Waals surface area contributed by atoms with Crippen LogP contribution in [0.5, 0.6) is 0 Å². The fourth-order valence-electron chi connectivity index (χ4n) is 1.60. The molecule has 32 heavy (non-hydrogen) atoms. The van der Waals surface area contributed by atoms with Crippen LogP contribution in [0.25, 0.3) is 0 Å². The average Bonchev–Trinajstić information content (AvgIpc) is 2.70. The van der Waals surface area contributed by atoms with E-state index >= 15 is 0 Å². The summed E-state index contributed by atoms with van der Waals surface area (Å²) in [4.78, 5) is 26.1. The number of imide groups is 1. The van der Waals surface area contributed by atoms with E-state index in [1.54, 1.807) is 25.1 Å². The SMILES string of the molecule is CCNC(=O)NC(=O)/C(C#N)=N/OC.CN(C)S(=O)(=O)N(SC(F)(Cl)Cl)c1ccccc1. The van der Waals surface area contributed by atoms with Crippen LogP contribution in [-0.2, 0) is 19.8 Å². The Morgan fingerprint density at radius 2 is 1.88 bits per heavy atom. The number of hydrogen-bond acceptors (Lipinski definition) is 8. The molecule has 2 N–H and O–H groups in total. The molecule has 16 heteroatoms. The third-order valence-corrected chi connectivity index (χ3v) is 6.23. The van der Waals surface area contributed by atoms with Gasteiger partial charge in [0, 0.05) is 32.6 Å². The maximum atomic E-state index is 13.3. The molecule has 0 aliphatic carbocycles. The quantitative estimate of drug-likeness (QED) is 0.227. The molecule has 1 aromatic rings. The summed E-state index contributed by atoms with van der Waals surface area (Å²) in [6.45, 7) is 2.07. The number of urea groups is 1. The molecule has 0 aromatic heterocycles. The number of nitrogens with one attached hydrogen (secondary N) is 2. The van der Waals surface area contributed by atoms with Gasteiger partial charge in [0.2, 0.25) is 5.71 Å². The molecule has 0 unspecified atom stereocenters. The van der Waals surface area contributed by atoms with Crippen LogP contribution in [0.1, 0.15) is 6.92 Å². The van der Waals surface area contributed by atoms with Crippen molar-refractivity contribution in [2.24, 2.45) is 5.16 Å². The zero-order valence-electron chi connectivity index (χ0n) is 17.4. The van der Waals surface area contributed by atoms with Crippen molar-refractivity contribution in [3.63, 3.8) is 0 Å². The highest BCUT2D eigenvalue weighted by Gasteiger charge is 2.35. The fraction of sp³-hybridized carbons (Fsp3) is 0.375. The van der Waals surface area contributed by atoms with Gasteiger partial charge < -0.3 is 10.2 Å². The molecule has 0 saturated heterocycles. The van der Waals surface area contributed by atoms with Gasteiger partial charge in [-0.2, -0.15) is 26.1 Å². The van der Waals surface area contributed by atoms with Gasteiger partial charge in [-0.3, -0.25) is 10.1 Å². The first-order chi connectivity index (χ1) is 14.8. The van der Waals surface area contributed by atoms with Crippen molar-refractivity contribution in [2.45, 2.75) is 10.8 Å². The second-order valence-corrected chi connectivity index (χ2v) is 10.5. The monoisotopic (exact) mass is 530 g/mol. The maximum absolute atomic E-state index is 13.3. The standard InChI is InChI=1S/C9H11Cl2FN2O2S2.C7H10N4O3/c1-13(2)18(15,16)14(17-9(10,11)12)8-6-4-3-5-7-8;1-3-9-7(13)10-6(12)5(4-8)11-14-2/h3-7H,1-2H3;3H2,1-2H3,(H2,9,10,12,13)/b;11-5+. The third-order valence-electron chi connectivity index (χ3n) is 2.89. The topological polar surface area (TPSA) is 144 Å². The number of nitrogens with zero attached hydrogens (tertiary/aromatic N) is 4. The van der Waals surface area contributed by atoms with Crippen LogP contribution >= 0.6 is 35.1 Å². The van der Waals surface area contributed by atoms with E-state index in [-0.39, 0.29) is 17.6 Å². The number of nitriles is 1. The number of carbonyl (C=O) groups is 2. The summed E-state index contributed by atoms with van der Waals surface area (Å²) in [5.74, 6) is -0.903. The van der Waals surface area contributed by atoms with E-state index in [1.165, 1.54) is 39.4 Å². The van der Waals surface area contributed by atoms with Crippen LogP contribution in [0.4, 0.5) is 14.9 Å². The van der Waals surface area contributed by atoms with E-state index in [0.29, 0.717) is 6.54 Å². The molecule has 3 amide bonds. The predicted octanol–water partition coefficient (Wildman–Crippen LogP) is 2.36. The Morgan fingerprint density at radius 3 is 2.28 bits per heavy atom. The molecule has 0 atom stereocenters. The van der Waals surface area contributed by atoms with E-state index in [2.05, 4.69) is 15.3 Å². The smallest absolute Gasteiger partial charge is 0.324 e. The van der Waals surface area contributed by atoms with E-state index in [4.69, 9.17) is 28.5 Å². The number of carbonyl (C=O) groups excluding carboxylic acids is 2. The number of alkyl halides is 3. The molecule has 0 saturated carbocycles. The van der Waals surface area contributed by atoms with Gasteiger partial charge in [0.15, 0.2) is 0 Å². The Hall–Kier alpha value is -2.31. The highest BCUT2D eigenvalue weighted by molar-refractivity contribution is 8.15. The summed E-state index contributed by atoms with van der Waals surface area (Å²) in [6, 6.07) is 8.76. The van der Waals surface area contributed by atoms with Crippen LogP contribution in [0.15, 0.2) is 35.5 Å². The number of rotatable bonds is 8. The molecular formula is C16H21Cl2FN6O5S2. The zero-order valence-corrected chi connectivity index (χ0v) is 20.5. The first-order valence-electron chi connectivity index (χ1n) is 8.44. The highest BCUT2D eigenvalue weighted by atomic mass is 35.5. The molecule has 0 bridgehead atoms. The summed E-state index contributed by atoms with van der Waals surface area (Å²) in [5.41, 5.74) is -0.265. The van der Waals surface area contributed by atoms with Gasteiger partial charge in [0.25, 0.3) is 5.91 Å². The van der Waals surface area contributed by atoms with Gasteiger partial charge in [-0.25, -0.2) is 4.79 Å². The van der Waals surface area contributed by atoms with Crippen LogP contribution in [-0.4, -0.2) is 62.0 Å².